The molecule has 1 fully saturated rings. The molecule has 3 nitrogen and oxygen atoms in total. The molecule has 3 heteroatoms. The SMILES string of the molecule is CC(N)C1(O)COC1. The zero-order valence-corrected chi connectivity index (χ0v) is 4.92. The summed E-state index contributed by atoms with van der Waals surface area (Å²) < 4.78 is 4.77. The minimum atomic E-state index is -0.722. The zero-order chi connectivity index (χ0) is 6.20. The van der Waals surface area contributed by atoms with E-state index < -0.39 is 5.60 Å². The van der Waals surface area contributed by atoms with Gasteiger partial charge in [0.05, 0.1) is 13.2 Å². The predicted molar refractivity (Wildman–Crippen MR) is 29.4 cm³/mol. The first kappa shape index (κ1) is 6.01. The van der Waals surface area contributed by atoms with E-state index in [2.05, 4.69) is 0 Å². The summed E-state index contributed by atoms with van der Waals surface area (Å²) in [5.74, 6) is 0. The minimum Gasteiger partial charge on any atom is -0.383 e. The van der Waals surface area contributed by atoms with Gasteiger partial charge >= 0.3 is 0 Å². The van der Waals surface area contributed by atoms with E-state index in [9.17, 15) is 5.11 Å². The van der Waals surface area contributed by atoms with Gasteiger partial charge < -0.3 is 15.6 Å². The van der Waals surface area contributed by atoms with Crippen molar-refractivity contribution in [3.63, 3.8) is 0 Å². The van der Waals surface area contributed by atoms with Crippen LogP contribution in [0.3, 0.4) is 0 Å². The van der Waals surface area contributed by atoms with Gasteiger partial charge in [0.2, 0.25) is 0 Å². The van der Waals surface area contributed by atoms with Crippen LogP contribution in [-0.2, 0) is 4.74 Å². The second kappa shape index (κ2) is 1.69. The van der Waals surface area contributed by atoms with Crippen molar-refractivity contribution in [3.05, 3.63) is 0 Å². The van der Waals surface area contributed by atoms with E-state index >= 15 is 0 Å². The van der Waals surface area contributed by atoms with Crippen LogP contribution in [0, 0.1) is 0 Å². The molecule has 1 rings (SSSR count). The largest absolute Gasteiger partial charge is 0.383 e. The Morgan fingerprint density at radius 2 is 2.25 bits per heavy atom. The molecule has 0 aromatic rings. The van der Waals surface area contributed by atoms with Gasteiger partial charge in [-0.1, -0.05) is 0 Å². The smallest absolute Gasteiger partial charge is 0.126 e. The molecule has 8 heavy (non-hydrogen) atoms. The summed E-state index contributed by atoms with van der Waals surface area (Å²) in [6.45, 7) is 2.57. The van der Waals surface area contributed by atoms with Crippen LogP contribution in [-0.4, -0.2) is 30.0 Å². The maximum atomic E-state index is 9.24. The number of hydrogen-bond acceptors (Lipinski definition) is 3. The Morgan fingerprint density at radius 3 is 2.25 bits per heavy atom. The van der Waals surface area contributed by atoms with E-state index in [4.69, 9.17) is 10.5 Å². The monoisotopic (exact) mass is 117 g/mol. The molecule has 1 heterocycles. The van der Waals surface area contributed by atoms with E-state index in [1.54, 1.807) is 6.92 Å². The highest BCUT2D eigenvalue weighted by Crippen LogP contribution is 2.18. The lowest BCUT2D eigenvalue weighted by Gasteiger charge is -2.39. The molecular formula is C5H11NO2. The van der Waals surface area contributed by atoms with Gasteiger partial charge in [-0.2, -0.15) is 0 Å². The molecule has 1 saturated heterocycles. The molecule has 0 spiro atoms. The summed E-state index contributed by atoms with van der Waals surface area (Å²) in [5.41, 5.74) is 4.68. The summed E-state index contributed by atoms with van der Waals surface area (Å²) in [6.07, 6.45) is 0. The molecule has 0 bridgehead atoms. The number of rotatable bonds is 1. The topological polar surface area (TPSA) is 55.5 Å². The molecule has 1 atom stereocenters. The van der Waals surface area contributed by atoms with Crippen LogP contribution in [0.5, 0.6) is 0 Å². The Balaban J connectivity index is 2.41. The molecule has 1 aliphatic heterocycles. The van der Waals surface area contributed by atoms with Gasteiger partial charge in [-0.25, -0.2) is 0 Å². The molecule has 0 saturated carbocycles. The lowest BCUT2D eigenvalue weighted by Crippen LogP contribution is -2.60. The molecule has 0 amide bonds. The van der Waals surface area contributed by atoms with Gasteiger partial charge in [-0.05, 0) is 6.92 Å². The first-order valence-electron chi connectivity index (χ1n) is 2.71. The maximum absolute atomic E-state index is 9.24. The summed E-state index contributed by atoms with van der Waals surface area (Å²) in [6, 6.07) is -0.170. The highest BCUT2D eigenvalue weighted by Gasteiger charge is 2.39. The molecule has 3 N–H and O–H groups in total. The van der Waals surface area contributed by atoms with Crippen molar-refractivity contribution in [2.45, 2.75) is 18.6 Å². The van der Waals surface area contributed by atoms with Crippen LogP contribution in [0.2, 0.25) is 0 Å². The average molecular weight is 117 g/mol. The Morgan fingerprint density at radius 1 is 1.75 bits per heavy atom. The summed E-state index contributed by atoms with van der Waals surface area (Å²) in [5, 5.41) is 9.24. The van der Waals surface area contributed by atoms with Gasteiger partial charge in [0.15, 0.2) is 0 Å². The fraction of sp³-hybridized carbons (Fsp3) is 1.00. The second-order valence-corrected chi connectivity index (χ2v) is 2.39. The maximum Gasteiger partial charge on any atom is 0.126 e. The predicted octanol–water partition coefficient (Wildman–Crippen LogP) is -0.905. The Labute approximate surface area is 48.4 Å². The Bertz CT molecular complexity index is 88.4. The molecule has 0 aromatic heterocycles. The van der Waals surface area contributed by atoms with Gasteiger partial charge in [-0.3, -0.25) is 0 Å². The van der Waals surface area contributed by atoms with Crippen molar-refractivity contribution in [2.24, 2.45) is 5.73 Å². The van der Waals surface area contributed by atoms with Crippen molar-refractivity contribution in [2.75, 3.05) is 13.2 Å². The third kappa shape index (κ3) is 0.727. The molecule has 0 aliphatic carbocycles. The van der Waals surface area contributed by atoms with E-state index in [0.29, 0.717) is 13.2 Å². The van der Waals surface area contributed by atoms with Crippen molar-refractivity contribution in [3.8, 4) is 0 Å². The highest BCUT2D eigenvalue weighted by atomic mass is 16.5. The third-order valence-electron chi connectivity index (χ3n) is 1.55. The van der Waals surface area contributed by atoms with E-state index in [-0.39, 0.29) is 6.04 Å². The first-order valence-corrected chi connectivity index (χ1v) is 2.71. The van der Waals surface area contributed by atoms with Crippen molar-refractivity contribution in [1.82, 2.24) is 0 Å². The fourth-order valence-electron chi connectivity index (χ4n) is 0.574. The Hall–Kier alpha value is -0.120. The molecule has 0 aromatic carbocycles. The number of ether oxygens (including phenoxy) is 1. The van der Waals surface area contributed by atoms with E-state index in [1.807, 2.05) is 0 Å². The van der Waals surface area contributed by atoms with Gasteiger partial charge in [0, 0.05) is 6.04 Å². The van der Waals surface area contributed by atoms with Gasteiger partial charge in [-0.15, -0.1) is 0 Å². The Kier molecular flexibility index (Phi) is 1.27. The first-order chi connectivity index (χ1) is 3.65. The van der Waals surface area contributed by atoms with Crippen LogP contribution >= 0.6 is 0 Å². The quantitative estimate of drug-likeness (QED) is 0.467. The van der Waals surface area contributed by atoms with Crippen LogP contribution in [0.1, 0.15) is 6.92 Å². The fourth-order valence-corrected chi connectivity index (χ4v) is 0.574. The molecule has 48 valence electrons. The number of nitrogens with two attached hydrogens (primary N) is 1. The van der Waals surface area contributed by atoms with E-state index in [0.717, 1.165) is 0 Å². The lowest BCUT2D eigenvalue weighted by atomic mass is 9.95. The van der Waals surface area contributed by atoms with Crippen LogP contribution in [0.15, 0.2) is 0 Å². The van der Waals surface area contributed by atoms with Crippen LogP contribution in [0.4, 0.5) is 0 Å². The molecular weight excluding hydrogens is 106 g/mol. The molecule has 1 unspecified atom stereocenters. The molecule has 0 radical (unpaired) electrons. The summed E-state index contributed by atoms with van der Waals surface area (Å²) >= 11 is 0. The minimum absolute atomic E-state index is 0.170. The zero-order valence-electron chi connectivity index (χ0n) is 4.92. The second-order valence-electron chi connectivity index (χ2n) is 2.39. The van der Waals surface area contributed by atoms with Crippen LogP contribution < -0.4 is 5.73 Å². The van der Waals surface area contributed by atoms with Crippen molar-refractivity contribution in [1.29, 1.82) is 0 Å². The number of hydrogen-bond donors (Lipinski definition) is 2. The highest BCUT2D eigenvalue weighted by molar-refractivity contribution is 4.92. The van der Waals surface area contributed by atoms with Crippen LogP contribution in [0.25, 0.3) is 0 Å². The van der Waals surface area contributed by atoms with E-state index in [1.165, 1.54) is 0 Å². The lowest BCUT2D eigenvalue weighted by molar-refractivity contribution is -0.186. The van der Waals surface area contributed by atoms with Gasteiger partial charge in [0.1, 0.15) is 5.60 Å². The third-order valence-corrected chi connectivity index (χ3v) is 1.55. The normalized spacial score (nSPS) is 28.9. The average Bonchev–Trinajstić information content (AvgIpc) is 1.60. The van der Waals surface area contributed by atoms with Crippen molar-refractivity contribution < 1.29 is 9.84 Å². The summed E-state index contributed by atoms with van der Waals surface area (Å²) in [4.78, 5) is 0. The number of aliphatic hydroxyl groups is 1. The summed E-state index contributed by atoms with van der Waals surface area (Å²) in [7, 11) is 0. The van der Waals surface area contributed by atoms with Crippen molar-refractivity contribution >= 4 is 0 Å². The molecule has 1 aliphatic rings. The standard InChI is InChI=1S/C5H11NO2/c1-4(6)5(7)2-8-3-5/h4,7H,2-3,6H2,1H3. The van der Waals surface area contributed by atoms with Gasteiger partial charge in [0.25, 0.3) is 0 Å².